The van der Waals surface area contributed by atoms with Crippen LogP contribution in [-0.4, -0.2) is 50.8 Å². The zero-order valence-electron chi connectivity index (χ0n) is 10.8. The first-order valence-electron chi connectivity index (χ1n) is 6.24. The van der Waals surface area contributed by atoms with Crippen molar-refractivity contribution in [3.8, 4) is 0 Å². The number of hydrogen-bond donors (Lipinski definition) is 1. The topological polar surface area (TPSA) is 72.6 Å². The highest BCUT2D eigenvalue weighted by atomic mass is 32.2. The summed E-state index contributed by atoms with van der Waals surface area (Å²) < 4.78 is 30.9. The van der Waals surface area contributed by atoms with Crippen molar-refractivity contribution in [2.45, 2.75) is 32.7 Å². The molecule has 2 N–H and O–H groups in total. The molecule has 0 radical (unpaired) electrons. The molecule has 1 aliphatic rings. The van der Waals surface area contributed by atoms with Crippen molar-refractivity contribution < 1.29 is 13.2 Å². The normalized spacial score (nSPS) is 27.2. The van der Waals surface area contributed by atoms with Gasteiger partial charge in [0.25, 0.3) is 0 Å². The van der Waals surface area contributed by atoms with Crippen molar-refractivity contribution in [2.75, 3.05) is 32.1 Å². The van der Waals surface area contributed by atoms with Crippen LogP contribution in [0.25, 0.3) is 0 Å². The Morgan fingerprint density at radius 3 is 2.65 bits per heavy atom. The fourth-order valence-corrected chi connectivity index (χ4v) is 3.85. The summed E-state index contributed by atoms with van der Waals surface area (Å²) in [5.74, 6) is 0.677. The largest absolute Gasteiger partial charge is 0.379 e. The van der Waals surface area contributed by atoms with E-state index in [0.29, 0.717) is 25.6 Å². The van der Waals surface area contributed by atoms with Crippen LogP contribution < -0.4 is 5.73 Å². The van der Waals surface area contributed by atoms with Crippen LogP contribution in [0.15, 0.2) is 0 Å². The summed E-state index contributed by atoms with van der Waals surface area (Å²) in [6, 6.07) is 0.109. The Hall–Kier alpha value is -0.170. The van der Waals surface area contributed by atoms with Gasteiger partial charge < -0.3 is 10.5 Å². The molecule has 6 heteroatoms. The third-order valence-electron chi connectivity index (χ3n) is 3.18. The van der Waals surface area contributed by atoms with E-state index in [1.165, 1.54) is 0 Å². The van der Waals surface area contributed by atoms with Gasteiger partial charge >= 0.3 is 0 Å². The van der Waals surface area contributed by atoms with Gasteiger partial charge in [0.15, 0.2) is 0 Å². The van der Waals surface area contributed by atoms with Crippen molar-refractivity contribution in [1.82, 2.24) is 4.31 Å². The summed E-state index contributed by atoms with van der Waals surface area (Å²) in [5, 5.41) is 0. The lowest BCUT2D eigenvalue weighted by molar-refractivity contribution is 0.154. The quantitative estimate of drug-likeness (QED) is 0.705. The molecular weight excluding hydrogens is 240 g/mol. The first kappa shape index (κ1) is 14.9. The van der Waals surface area contributed by atoms with Crippen molar-refractivity contribution in [3.63, 3.8) is 0 Å². The molecule has 1 aliphatic heterocycles. The Morgan fingerprint density at radius 1 is 1.35 bits per heavy atom. The maximum absolute atomic E-state index is 12.1. The van der Waals surface area contributed by atoms with E-state index in [9.17, 15) is 8.42 Å². The SMILES string of the molecule is CC1CCN(S(=O)(=O)CCOCCN)C(C)C1. The smallest absolute Gasteiger partial charge is 0.216 e. The average molecular weight is 264 g/mol. The van der Waals surface area contributed by atoms with Crippen molar-refractivity contribution >= 4 is 10.0 Å². The molecule has 17 heavy (non-hydrogen) atoms. The molecule has 1 rings (SSSR count). The number of rotatable bonds is 6. The number of ether oxygens (including phenoxy) is 1. The minimum Gasteiger partial charge on any atom is -0.379 e. The third-order valence-corrected chi connectivity index (χ3v) is 5.12. The summed E-state index contributed by atoms with van der Waals surface area (Å²) in [7, 11) is -3.17. The first-order valence-corrected chi connectivity index (χ1v) is 7.85. The van der Waals surface area contributed by atoms with E-state index in [4.69, 9.17) is 10.5 Å². The van der Waals surface area contributed by atoms with Crippen LogP contribution in [0.3, 0.4) is 0 Å². The Morgan fingerprint density at radius 2 is 2.06 bits per heavy atom. The van der Waals surface area contributed by atoms with Gasteiger partial charge in [-0.1, -0.05) is 6.92 Å². The summed E-state index contributed by atoms with van der Waals surface area (Å²) in [6.45, 7) is 5.87. The Labute approximate surface area is 104 Å². The summed E-state index contributed by atoms with van der Waals surface area (Å²) >= 11 is 0. The highest BCUT2D eigenvalue weighted by Crippen LogP contribution is 2.24. The highest BCUT2D eigenvalue weighted by Gasteiger charge is 2.31. The number of piperidine rings is 1. The summed E-state index contributed by atoms with van der Waals surface area (Å²) in [6.07, 6.45) is 1.90. The molecule has 0 spiro atoms. The predicted octanol–water partition coefficient (Wildman–Crippen LogP) is 0.412. The second-order valence-corrected chi connectivity index (χ2v) is 6.85. The highest BCUT2D eigenvalue weighted by molar-refractivity contribution is 7.89. The van der Waals surface area contributed by atoms with Gasteiger partial charge in [0.05, 0.1) is 19.0 Å². The van der Waals surface area contributed by atoms with Gasteiger partial charge in [-0.05, 0) is 25.7 Å². The average Bonchev–Trinajstić information content (AvgIpc) is 2.24. The number of sulfonamides is 1. The molecule has 0 amide bonds. The van der Waals surface area contributed by atoms with Crippen LogP contribution in [0.1, 0.15) is 26.7 Å². The number of hydrogen-bond acceptors (Lipinski definition) is 4. The minimum atomic E-state index is -3.17. The molecule has 5 nitrogen and oxygen atoms in total. The monoisotopic (exact) mass is 264 g/mol. The summed E-state index contributed by atoms with van der Waals surface area (Å²) in [5.41, 5.74) is 5.27. The molecule has 1 heterocycles. The van der Waals surface area contributed by atoms with E-state index in [0.717, 1.165) is 12.8 Å². The summed E-state index contributed by atoms with van der Waals surface area (Å²) in [4.78, 5) is 0. The lowest BCUT2D eigenvalue weighted by atomic mass is 9.95. The molecular formula is C11H24N2O3S. The van der Waals surface area contributed by atoms with E-state index in [1.54, 1.807) is 4.31 Å². The molecule has 0 aliphatic carbocycles. The van der Waals surface area contributed by atoms with Crippen LogP contribution >= 0.6 is 0 Å². The zero-order valence-corrected chi connectivity index (χ0v) is 11.6. The Balaban J connectivity index is 2.46. The van der Waals surface area contributed by atoms with Crippen LogP contribution in [0.2, 0.25) is 0 Å². The van der Waals surface area contributed by atoms with E-state index < -0.39 is 10.0 Å². The molecule has 0 saturated carbocycles. The molecule has 0 bridgehead atoms. The second kappa shape index (κ2) is 6.68. The standard InChI is InChI=1S/C11H24N2O3S/c1-10-3-5-13(11(2)9-10)17(14,15)8-7-16-6-4-12/h10-11H,3-9,12H2,1-2H3. The van der Waals surface area contributed by atoms with Crippen LogP contribution in [0.4, 0.5) is 0 Å². The van der Waals surface area contributed by atoms with Crippen molar-refractivity contribution in [2.24, 2.45) is 11.7 Å². The Bertz CT molecular complexity index is 319. The minimum absolute atomic E-state index is 0.0612. The van der Waals surface area contributed by atoms with E-state index in [2.05, 4.69) is 6.92 Å². The molecule has 1 saturated heterocycles. The molecule has 0 aromatic rings. The maximum atomic E-state index is 12.1. The maximum Gasteiger partial charge on any atom is 0.216 e. The fraction of sp³-hybridized carbons (Fsp3) is 1.00. The first-order chi connectivity index (χ1) is 7.97. The molecule has 0 aromatic heterocycles. The van der Waals surface area contributed by atoms with Crippen LogP contribution in [0.5, 0.6) is 0 Å². The van der Waals surface area contributed by atoms with Gasteiger partial charge in [-0.3, -0.25) is 0 Å². The van der Waals surface area contributed by atoms with Gasteiger partial charge in [-0.2, -0.15) is 4.31 Å². The number of nitrogens with zero attached hydrogens (tertiary/aromatic N) is 1. The predicted molar refractivity (Wildman–Crippen MR) is 68.2 cm³/mol. The van der Waals surface area contributed by atoms with E-state index in [-0.39, 0.29) is 18.4 Å². The third kappa shape index (κ3) is 4.54. The van der Waals surface area contributed by atoms with Gasteiger partial charge in [0, 0.05) is 19.1 Å². The van der Waals surface area contributed by atoms with Crippen molar-refractivity contribution in [3.05, 3.63) is 0 Å². The molecule has 2 atom stereocenters. The molecule has 1 fully saturated rings. The van der Waals surface area contributed by atoms with Crippen LogP contribution in [0, 0.1) is 5.92 Å². The lowest BCUT2D eigenvalue weighted by Gasteiger charge is -2.35. The molecule has 2 unspecified atom stereocenters. The van der Waals surface area contributed by atoms with Gasteiger partial charge in [-0.15, -0.1) is 0 Å². The van der Waals surface area contributed by atoms with Crippen molar-refractivity contribution in [1.29, 1.82) is 0 Å². The number of nitrogens with two attached hydrogens (primary N) is 1. The van der Waals surface area contributed by atoms with E-state index >= 15 is 0 Å². The Kier molecular flexibility index (Phi) is 5.85. The van der Waals surface area contributed by atoms with Gasteiger partial charge in [0.2, 0.25) is 10.0 Å². The molecule has 0 aromatic carbocycles. The second-order valence-electron chi connectivity index (χ2n) is 4.81. The zero-order chi connectivity index (χ0) is 12.9. The fourth-order valence-electron chi connectivity index (χ4n) is 2.27. The van der Waals surface area contributed by atoms with Crippen LogP contribution in [-0.2, 0) is 14.8 Å². The van der Waals surface area contributed by atoms with E-state index in [1.807, 2.05) is 6.92 Å². The van der Waals surface area contributed by atoms with Gasteiger partial charge in [0.1, 0.15) is 0 Å². The lowest BCUT2D eigenvalue weighted by Crippen LogP contribution is -2.45. The molecule has 102 valence electrons. The van der Waals surface area contributed by atoms with Gasteiger partial charge in [-0.25, -0.2) is 8.42 Å².